The van der Waals surface area contributed by atoms with E-state index in [0.717, 1.165) is 23.6 Å². The van der Waals surface area contributed by atoms with Crippen LogP contribution in [0.4, 0.5) is 0 Å². The van der Waals surface area contributed by atoms with Crippen molar-refractivity contribution in [3.05, 3.63) is 23.8 Å². The second kappa shape index (κ2) is 7.50. The molecule has 0 aromatic heterocycles. The first kappa shape index (κ1) is 16.8. The molecule has 0 saturated carbocycles. The molecule has 0 heterocycles. The minimum absolute atomic E-state index is 0.0512. The molecule has 2 N–H and O–H groups in total. The number of methoxy groups -OCH3 is 1. The van der Waals surface area contributed by atoms with E-state index in [4.69, 9.17) is 14.6 Å². The van der Waals surface area contributed by atoms with Gasteiger partial charge in [-0.2, -0.15) is 0 Å². The third-order valence-corrected chi connectivity index (χ3v) is 2.92. The van der Waals surface area contributed by atoms with E-state index in [1.165, 1.54) is 0 Å². The second-order valence-corrected chi connectivity index (χ2v) is 6.18. The summed E-state index contributed by atoms with van der Waals surface area (Å²) in [5, 5.41) is 12.5. The Kier molecular flexibility index (Phi) is 6.30. The van der Waals surface area contributed by atoms with Crippen molar-refractivity contribution in [2.45, 2.75) is 39.8 Å². The number of hydrogen-bond donors (Lipinski definition) is 2. The third kappa shape index (κ3) is 5.80. The predicted octanol–water partition coefficient (Wildman–Crippen LogP) is 2.59. The van der Waals surface area contributed by atoms with Crippen LogP contribution in [0.2, 0.25) is 0 Å². The third-order valence-electron chi connectivity index (χ3n) is 2.92. The van der Waals surface area contributed by atoms with Crippen LogP contribution in [0.15, 0.2) is 18.2 Å². The van der Waals surface area contributed by atoms with Crippen molar-refractivity contribution in [2.24, 2.45) is 5.92 Å². The van der Waals surface area contributed by atoms with Gasteiger partial charge in [0.1, 0.15) is 11.5 Å². The molecular formula is C16H27NO3. The lowest BCUT2D eigenvalue weighted by Crippen LogP contribution is -2.35. The Labute approximate surface area is 122 Å². The van der Waals surface area contributed by atoms with E-state index in [9.17, 15) is 0 Å². The molecular weight excluding hydrogens is 254 g/mol. The molecule has 0 aliphatic carbocycles. The molecule has 0 fully saturated rings. The minimum Gasteiger partial charge on any atom is -0.497 e. The van der Waals surface area contributed by atoms with E-state index in [-0.39, 0.29) is 18.1 Å². The summed E-state index contributed by atoms with van der Waals surface area (Å²) in [6.07, 6.45) is 0. The lowest BCUT2D eigenvalue weighted by atomic mass is 10.1. The zero-order chi connectivity index (χ0) is 15.2. The van der Waals surface area contributed by atoms with Crippen LogP contribution in [0.25, 0.3) is 0 Å². The monoisotopic (exact) mass is 281 g/mol. The maximum Gasteiger partial charge on any atom is 0.127 e. The Bertz CT molecular complexity index is 413. The van der Waals surface area contributed by atoms with Crippen LogP contribution in [0.5, 0.6) is 11.5 Å². The standard InChI is InChI=1S/C16H27NO3/c1-12(10-18)11-20-15-8-14(19-5)7-6-13(15)9-17-16(2,3)4/h6-8,12,17-18H,9-11H2,1-5H3. The van der Waals surface area contributed by atoms with Gasteiger partial charge in [-0.15, -0.1) is 0 Å². The zero-order valence-corrected chi connectivity index (χ0v) is 13.2. The topological polar surface area (TPSA) is 50.7 Å². The maximum atomic E-state index is 9.08. The lowest BCUT2D eigenvalue weighted by Gasteiger charge is -2.22. The Hall–Kier alpha value is -1.26. The van der Waals surface area contributed by atoms with Gasteiger partial charge >= 0.3 is 0 Å². The number of rotatable bonds is 7. The Morgan fingerprint density at radius 1 is 1.30 bits per heavy atom. The van der Waals surface area contributed by atoms with Crippen LogP contribution >= 0.6 is 0 Å². The molecule has 1 atom stereocenters. The predicted molar refractivity (Wildman–Crippen MR) is 81.3 cm³/mol. The fourth-order valence-electron chi connectivity index (χ4n) is 1.59. The Morgan fingerprint density at radius 3 is 2.55 bits per heavy atom. The number of aliphatic hydroxyl groups is 1. The summed E-state index contributed by atoms with van der Waals surface area (Å²) >= 11 is 0. The van der Waals surface area contributed by atoms with Crippen molar-refractivity contribution >= 4 is 0 Å². The summed E-state index contributed by atoms with van der Waals surface area (Å²) in [4.78, 5) is 0. The van der Waals surface area contributed by atoms with E-state index in [2.05, 4.69) is 26.1 Å². The van der Waals surface area contributed by atoms with Gasteiger partial charge in [0, 0.05) is 36.2 Å². The zero-order valence-electron chi connectivity index (χ0n) is 13.2. The van der Waals surface area contributed by atoms with E-state index in [0.29, 0.717) is 6.61 Å². The number of nitrogens with one attached hydrogen (secondary N) is 1. The van der Waals surface area contributed by atoms with Crippen molar-refractivity contribution in [3.8, 4) is 11.5 Å². The molecule has 1 aromatic rings. The summed E-state index contributed by atoms with van der Waals surface area (Å²) in [6.45, 7) is 9.69. The molecule has 114 valence electrons. The van der Waals surface area contributed by atoms with Crippen molar-refractivity contribution < 1.29 is 14.6 Å². The summed E-state index contributed by atoms with van der Waals surface area (Å²) in [5.74, 6) is 1.70. The normalized spacial score (nSPS) is 13.1. The van der Waals surface area contributed by atoms with Gasteiger partial charge in [-0.25, -0.2) is 0 Å². The number of ether oxygens (including phenoxy) is 2. The number of aliphatic hydroxyl groups excluding tert-OH is 1. The van der Waals surface area contributed by atoms with Gasteiger partial charge in [-0.3, -0.25) is 0 Å². The first-order valence-electron chi connectivity index (χ1n) is 7.01. The fourth-order valence-corrected chi connectivity index (χ4v) is 1.59. The van der Waals surface area contributed by atoms with Crippen LogP contribution in [-0.2, 0) is 6.54 Å². The van der Waals surface area contributed by atoms with Gasteiger partial charge in [0.25, 0.3) is 0 Å². The highest BCUT2D eigenvalue weighted by Gasteiger charge is 2.12. The molecule has 1 unspecified atom stereocenters. The molecule has 0 aliphatic rings. The van der Waals surface area contributed by atoms with Gasteiger partial charge in [-0.1, -0.05) is 13.0 Å². The van der Waals surface area contributed by atoms with Crippen molar-refractivity contribution in [3.63, 3.8) is 0 Å². The average molecular weight is 281 g/mol. The highest BCUT2D eigenvalue weighted by Crippen LogP contribution is 2.25. The molecule has 0 spiro atoms. The van der Waals surface area contributed by atoms with Crippen LogP contribution in [0.1, 0.15) is 33.3 Å². The summed E-state index contributed by atoms with van der Waals surface area (Å²) in [7, 11) is 1.64. The minimum atomic E-state index is 0.0512. The van der Waals surface area contributed by atoms with Crippen LogP contribution < -0.4 is 14.8 Å². The van der Waals surface area contributed by atoms with Crippen molar-refractivity contribution in [2.75, 3.05) is 20.3 Å². The second-order valence-electron chi connectivity index (χ2n) is 6.18. The molecule has 20 heavy (non-hydrogen) atoms. The van der Waals surface area contributed by atoms with Crippen LogP contribution in [-0.4, -0.2) is 31.0 Å². The van der Waals surface area contributed by atoms with Crippen LogP contribution in [0.3, 0.4) is 0 Å². The number of benzene rings is 1. The molecule has 1 aromatic carbocycles. The molecule has 0 aliphatic heterocycles. The fraction of sp³-hybridized carbons (Fsp3) is 0.625. The van der Waals surface area contributed by atoms with Gasteiger partial charge in [0.2, 0.25) is 0 Å². The summed E-state index contributed by atoms with van der Waals surface area (Å²) in [6, 6.07) is 5.84. The van der Waals surface area contributed by atoms with E-state index < -0.39 is 0 Å². The lowest BCUT2D eigenvalue weighted by molar-refractivity contribution is 0.173. The van der Waals surface area contributed by atoms with Crippen molar-refractivity contribution in [1.29, 1.82) is 0 Å². The van der Waals surface area contributed by atoms with E-state index >= 15 is 0 Å². The highest BCUT2D eigenvalue weighted by atomic mass is 16.5. The highest BCUT2D eigenvalue weighted by molar-refractivity contribution is 5.40. The Morgan fingerprint density at radius 2 is 2.00 bits per heavy atom. The Balaban J connectivity index is 2.80. The maximum absolute atomic E-state index is 9.08. The molecule has 4 nitrogen and oxygen atoms in total. The molecule has 0 radical (unpaired) electrons. The smallest absolute Gasteiger partial charge is 0.127 e. The SMILES string of the molecule is COc1ccc(CNC(C)(C)C)c(OCC(C)CO)c1. The average Bonchev–Trinajstić information content (AvgIpc) is 2.41. The first-order chi connectivity index (χ1) is 9.35. The molecule has 0 saturated heterocycles. The van der Waals surface area contributed by atoms with E-state index in [1.54, 1.807) is 7.11 Å². The summed E-state index contributed by atoms with van der Waals surface area (Å²) < 4.78 is 11.1. The summed E-state index contributed by atoms with van der Waals surface area (Å²) in [5.41, 5.74) is 1.14. The number of hydrogen-bond acceptors (Lipinski definition) is 4. The molecule has 4 heteroatoms. The van der Waals surface area contributed by atoms with Gasteiger partial charge in [0.15, 0.2) is 0 Å². The molecule has 1 rings (SSSR count). The van der Waals surface area contributed by atoms with Gasteiger partial charge in [0.05, 0.1) is 13.7 Å². The largest absolute Gasteiger partial charge is 0.497 e. The van der Waals surface area contributed by atoms with Crippen LogP contribution in [0, 0.1) is 5.92 Å². The van der Waals surface area contributed by atoms with Gasteiger partial charge in [-0.05, 0) is 26.8 Å². The first-order valence-corrected chi connectivity index (χ1v) is 7.01. The quantitative estimate of drug-likeness (QED) is 0.806. The van der Waals surface area contributed by atoms with Gasteiger partial charge < -0.3 is 19.9 Å². The van der Waals surface area contributed by atoms with E-state index in [1.807, 2.05) is 25.1 Å². The molecule has 0 bridgehead atoms. The van der Waals surface area contributed by atoms with Crippen molar-refractivity contribution in [1.82, 2.24) is 5.32 Å². The molecule has 0 amide bonds.